The van der Waals surface area contributed by atoms with Crippen molar-refractivity contribution in [1.82, 2.24) is 0 Å². The van der Waals surface area contributed by atoms with Crippen LogP contribution in [0.4, 0.5) is 0 Å². The number of carbonyl (C=O) groups excluding carboxylic acids is 2. The van der Waals surface area contributed by atoms with Gasteiger partial charge in [-0.25, -0.2) is 4.57 Å². The summed E-state index contributed by atoms with van der Waals surface area (Å²) in [6.45, 7) is 0. The molecule has 0 bridgehead atoms. The van der Waals surface area contributed by atoms with E-state index in [0.29, 0.717) is 11.1 Å². The predicted molar refractivity (Wildman–Crippen MR) is 73.8 cm³/mol. The molecule has 0 amide bonds. The molecule has 0 aromatic heterocycles. The number of phosphoric ester groups is 1. The summed E-state index contributed by atoms with van der Waals surface area (Å²) in [4.78, 5) is 41.8. The van der Waals surface area contributed by atoms with E-state index in [4.69, 9.17) is 14.5 Å². The summed E-state index contributed by atoms with van der Waals surface area (Å²) < 4.78 is 20.1. The lowest BCUT2D eigenvalue weighted by molar-refractivity contribution is 0.0561. The second kappa shape index (κ2) is 5.21. The smallest absolute Gasteiger partial charge is 0.481 e. The SMILES string of the molecule is O=C1c2ccccc2C(=O)C2OC(C=COP(=O)(O)O)=CC12. The molecule has 2 atom stereocenters. The van der Waals surface area contributed by atoms with Gasteiger partial charge in [0.1, 0.15) is 5.76 Å². The zero-order valence-corrected chi connectivity index (χ0v) is 12.0. The minimum absolute atomic E-state index is 0.151. The summed E-state index contributed by atoms with van der Waals surface area (Å²) >= 11 is 0. The van der Waals surface area contributed by atoms with Crippen molar-refractivity contribution in [3.8, 4) is 0 Å². The molecule has 2 unspecified atom stereocenters. The van der Waals surface area contributed by atoms with Crippen LogP contribution in [-0.2, 0) is 13.8 Å². The molecule has 1 heterocycles. The van der Waals surface area contributed by atoms with Crippen LogP contribution in [-0.4, -0.2) is 27.5 Å². The van der Waals surface area contributed by atoms with Crippen LogP contribution >= 0.6 is 7.82 Å². The number of hydrogen-bond donors (Lipinski definition) is 2. The molecule has 2 aliphatic rings. The van der Waals surface area contributed by atoms with Crippen LogP contribution in [0, 0.1) is 5.92 Å². The Hall–Kier alpha value is -2.21. The highest BCUT2D eigenvalue weighted by molar-refractivity contribution is 7.46. The van der Waals surface area contributed by atoms with E-state index in [9.17, 15) is 14.2 Å². The van der Waals surface area contributed by atoms with E-state index in [1.54, 1.807) is 24.3 Å². The van der Waals surface area contributed by atoms with E-state index < -0.39 is 19.8 Å². The van der Waals surface area contributed by atoms with Crippen molar-refractivity contribution in [2.75, 3.05) is 0 Å². The zero-order valence-electron chi connectivity index (χ0n) is 11.1. The number of phosphoric acid groups is 1. The Labute approximate surface area is 125 Å². The Morgan fingerprint density at radius 1 is 1.14 bits per heavy atom. The molecular formula is C14H11O7P. The van der Waals surface area contributed by atoms with Gasteiger partial charge < -0.3 is 9.26 Å². The van der Waals surface area contributed by atoms with Gasteiger partial charge in [0.2, 0.25) is 5.78 Å². The maximum atomic E-state index is 12.4. The quantitative estimate of drug-likeness (QED) is 0.642. The third-order valence-electron chi connectivity index (χ3n) is 3.38. The summed E-state index contributed by atoms with van der Waals surface area (Å²) in [5.41, 5.74) is 0.671. The average molecular weight is 322 g/mol. The Kier molecular flexibility index (Phi) is 3.48. The minimum atomic E-state index is -4.63. The molecule has 22 heavy (non-hydrogen) atoms. The van der Waals surface area contributed by atoms with Gasteiger partial charge >= 0.3 is 7.82 Å². The number of fused-ring (bicyclic) bond motifs is 2. The molecule has 3 rings (SSSR count). The fourth-order valence-electron chi connectivity index (χ4n) is 2.47. The van der Waals surface area contributed by atoms with Crippen LogP contribution in [0.1, 0.15) is 20.7 Å². The van der Waals surface area contributed by atoms with Gasteiger partial charge in [-0.3, -0.25) is 19.4 Å². The third-order valence-corrected chi connectivity index (χ3v) is 3.78. The lowest BCUT2D eigenvalue weighted by atomic mass is 9.80. The number of ketones is 2. The van der Waals surface area contributed by atoms with E-state index in [0.717, 1.165) is 12.3 Å². The first-order valence-electron chi connectivity index (χ1n) is 6.33. The van der Waals surface area contributed by atoms with Gasteiger partial charge in [0, 0.05) is 17.2 Å². The topological polar surface area (TPSA) is 110 Å². The molecule has 114 valence electrons. The standard InChI is InChI=1S/C14H11O7P/c15-12-9-3-1-2-4-10(9)13(16)14-11(12)7-8(21-14)5-6-20-22(17,18)19/h1-7,11,14H,(H2,17,18,19). The number of Topliss-reactive ketones (excluding diaryl/α,β-unsaturated/α-hetero) is 2. The van der Waals surface area contributed by atoms with E-state index in [2.05, 4.69) is 4.52 Å². The lowest BCUT2D eigenvalue weighted by Crippen LogP contribution is -2.38. The van der Waals surface area contributed by atoms with Crippen LogP contribution in [0.2, 0.25) is 0 Å². The number of carbonyl (C=O) groups is 2. The molecule has 0 spiro atoms. The van der Waals surface area contributed by atoms with Crippen LogP contribution in [0.15, 0.2) is 48.4 Å². The second-order valence-corrected chi connectivity index (χ2v) is 6.00. The molecule has 0 fully saturated rings. The molecule has 0 radical (unpaired) electrons. The van der Waals surface area contributed by atoms with Gasteiger partial charge in [-0.2, -0.15) is 0 Å². The number of benzene rings is 1. The minimum Gasteiger partial charge on any atom is -0.481 e. The summed E-state index contributed by atoms with van der Waals surface area (Å²) in [6, 6.07) is 6.50. The van der Waals surface area contributed by atoms with Crippen molar-refractivity contribution in [3.05, 3.63) is 59.6 Å². The van der Waals surface area contributed by atoms with Crippen molar-refractivity contribution in [3.63, 3.8) is 0 Å². The largest absolute Gasteiger partial charge is 0.524 e. The Morgan fingerprint density at radius 3 is 2.41 bits per heavy atom. The summed E-state index contributed by atoms with van der Waals surface area (Å²) in [5.74, 6) is -1.11. The van der Waals surface area contributed by atoms with E-state index >= 15 is 0 Å². The molecule has 1 aromatic rings. The van der Waals surface area contributed by atoms with E-state index in [-0.39, 0.29) is 17.3 Å². The van der Waals surface area contributed by atoms with Crippen molar-refractivity contribution in [2.45, 2.75) is 6.10 Å². The van der Waals surface area contributed by atoms with Gasteiger partial charge in [0.05, 0.1) is 12.2 Å². The fraction of sp³-hybridized carbons (Fsp3) is 0.143. The first-order valence-corrected chi connectivity index (χ1v) is 7.86. The summed E-state index contributed by atoms with van der Waals surface area (Å²) in [7, 11) is -4.63. The van der Waals surface area contributed by atoms with Crippen molar-refractivity contribution in [2.24, 2.45) is 5.92 Å². The second-order valence-electron chi connectivity index (χ2n) is 4.81. The molecule has 2 N–H and O–H groups in total. The molecule has 1 aliphatic carbocycles. The summed E-state index contributed by atoms with van der Waals surface area (Å²) in [5, 5.41) is 0. The predicted octanol–water partition coefficient (Wildman–Crippen LogP) is 1.59. The molecular weight excluding hydrogens is 311 g/mol. The number of ether oxygens (including phenoxy) is 1. The molecule has 0 saturated heterocycles. The van der Waals surface area contributed by atoms with Crippen LogP contribution in [0.25, 0.3) is 0 Å². The van der Waals surface area contributed by atoms with Gasteiger partial charge in [-0.1, -0.05) is 24.3 Å². The normalized spacial score (nSPS) is 23.8. The van der Waals surface area contributed by atoms with Crippen molar-refractivity contribution < 1.29 is 33.2 Å². The molecule has 0 saturated carbocycles. The fourth-order valence-corrected chi connectivity index (χ4v) is 2.69. The van der Waals surface area contributed by atoms with E-state index in [1.807, 2.05) is 0 Å². The highest BCUT2D eigenvalue weighted by Gasteiger charge is 2.45. The maximum Gasteiger partial charge on any atom is 0.524 e. The van der Waals surface area contributed by atoms with Gasteiger partial charge in [-0.05, 0) is 6.08 Å². The van der Waals surface area contributed by atoms with Gasteiger partial charge in [0.15, 0.2) is 11.9 Å². The average Bonchev–Trinajstić information content (AvgIpc) is 2.88. The highest BCUT2D eigenvalue weighted by Crippen LogP contribution is 2.38. The molecule has 1 aromatic carbocycles. The van der Waals surface area contributed by atoms with Crippen LogP contribution < -0.4 is 0 Å². The van der Waals surface area contributed by atoms with Gasteiger partial charge in [-0.15, -0.1) is 0 Å². The van der Waals surface area contributed by atoms with Crippen LogP contribution in [0.3, 0.4) is 0 Å². The first kappa shape index (κ1) is 14.7. The number of rotatable bonds is 3. The Balaban J connectivity index is 1.85. The lowest BCUT2D eigenvalue weighted by Gasteiger charge is -2.23. The Morgan fingerprint density at radius 2 is 1.77 bits per heavy atom. The first-order chi connectivity index (χ1) is 10.4. The van der Waals surface area contributed by atoms with Crippen molar-refractivity contribution in [1.29, 1.82) is 0 Å². The Bertz CT molecular complexity index is 758. The third kappa shape index (κ3) is 2.62. The molecule has 7 nitrogen and oxygen atoms in total. The zero-order chi connectivity index (χ0) is 15.9. The molecule has 8 heteroatoms. The van der Waals surface area contributed by atoms with Crippen molar-refractivity contribution >= 4 is 19.4 Å². The van der Waals surface area contributed by atoms with Crippen LogP contribution in [0.5, 0.6) is 0 Å². The van der Waals surface area contributed by atoms with E-state index in [1.165, 1.54) is 6.08 Å². The highest BCUT2D eigenvalue weighted by atomic mass is 31.2. The number of hydrogen-bond acceptors (Lipinski definition) is 5. The molecule has 1 aliphatic heterocycles. The number of allylic oxidation sites excluding steroid dienone is 1. The monoisotopic (exact) mass is 322 g/mol. The summed E-state index contributed by atoms with van der Waals surface area (Å²) in [6.07, 6.45) is 2.42. The van der Waals surface area contributed by atoms with Gasteiger partial charge in [0.25, 0.3) is 0 Å². The maximum absolute atomic E-state index is 12.4.